The van der Waals surface area contributed by atoms with E-state index in [2.05, 4.69) is 31.2 Å². The van der Waals surface area contributed by atoms with Gasteiger partial charge in [0.05, 0.1) is 6.10 Å². The molecule has 4 nitrogen and oxygen atoms in total. The lowest BCUT2D eigenvalue weighted by atomic mass is 9.55. The molecule has 33 heavy (non-hydrogen) atoms. The van der Waals surface area contributed by atoms with Crippen molar-refractivity contribution in [2.24, 2.45) is 28.9 Å². The summed E-state index contributed by atoms with van der Waals surface area (Å²) in [5, 5.41) is 20.6. The Balaban J connectivity index is 1.36. The van der Waals surface area contributed by atoms with E-state index < -0.39 is 5.91 Å². The molecule has 4 N–H and O–H groups in total. The van der Waals surface area contributed by atoms with Crippen LogP contribution >= 0.6 is 0 Å². The standard InChI is InChI=1S/C29H37NO3/c1-29-12-11-24-23-9-7-18(5-3-13-31)14-20(23)8-10-25(24)26(29)17-22(27(29)32)16-19-4-2-6-21(15-19)28(30)33/h2,4,6-7,9,14-15,22,24-27,31-32H,3,5,8,10-13,16-17H2,1H3,(H2,30,33). The van der Waals surface area contributed by atoms with Crippen molar-refractivity contribution in [1.29, 1.82) is 0 Å². The lowest BCUT2D eigenvalue weighted by Crippen LogP contribution is -2.44. The van der Waals surface area contributed by atoms with Crippen LogP contribution in [0.5, 0.6) is 0 Å². The number of nitrogens with two attached hydrogens (primary N) is 1. The van der Waals surface area contributed by atoms with Crippen molar-refractivity contribution in [3.05, 3.63) is 70.3 Å². The number of hydrogen-bond acceptors (Lipinski definition) is 3. The molecule has 2 saturated carbocycles. The van der Waals surface area contributed by atoms with Gasteiger partial charge in [0.15, 0.2) is 0 Å². The normalized spacial score (nSPS) is 32.6. The molecule has 6 unspecified atom stereocenters. The van der Waals surface area contributed by atoms with Crippen molar-refractivity contribution >= 4 is 5.91 Å². The maximum Gasteiger partial charge on any atom is 0.248 e. The van der Waals surface area contributed by atoms with Crippen LogP contribution in [0, 0.1) is 23.2 Å². The van der Waals surface area contributed by atoms with E-state index in [0.29, 0.717) is 23.3 Å². The number of fused-ring (bicyclic) bond motifs is 5. The summed E-state index contributed by atoms with van der Waals surface area (Å²) in [7, 11) is 0. The van der Waals surface area contributed by atoms with Crippen molar-refractivity contribution in [3.63, 3.8) is 0 Å². The fourth-order valence-corrected chi connectivity index (χ4v) is 7.58. The molecule has 4 heteroatoms. The highest BCUT2D eigenvalue weighted by Crippen LogP contribution is 2.62. The fourth-order valence-electron chi connectivity index (χ4n) is 7.58. The zero-order chi connectivity index (χ0) is 23.2. The summed E-state index contributed by atoms with van der Waals surface area (Å²) in [5.41, 5.74) is 11.5. The first kappa shape index (κ1) is 22.6. The highest BCUT2D eigenvalue weighted by Gasteiger charge is 2.57. The van der Waals surface area contributed by atoms with Crippen molar-refractivity contribution < 1.29 is 15.0 Å². The molecule has 2 aromatic rings. The number of hydrogen-bond donors (Lipinski definition) is 3. The molecule has 2 aromatic carbocycles. The second kappa shape index (κ2) is 8.88. The highest BCUT2D eigenvalue weighted by molar-refractivity contribution is 5.92. The van der Waals surface area contributed by atoms with Crippen molar-refractivity contribution in [1.82, 2.24) is 0 Å². The van der Waals surface area contributed by atoms with Gasteiger partial charge in [0.2, 0.25) is 5.91 Å². The van der Waals surface area contributed by atoms with Crippen molar-refractivity contribution in [2.45, 2.75) is 70.3 Å². The van der Waals surface area contributed by atoms with Crippen molar-refractivity contribution in [3.8, 4) is 0 Å². The van der Waals surface area contributed by atoms with E-state index in [0.717, 1.165) is 50.5 Å². The Hall–Kier alpha value is -2.17. The molecule has 0 bridgehead atoms. The van der Waals surface area contributed by atoms with Gasteiger partial charge in [0.1, 0.15) is 0 Å². The Morgan fingerprint density at radius 1 is 1.15 bits per heavy atom. The monoisotopic (exact) mass is 447 g/mol. The molecule has 3 aliphatic rings. The van der Waals surface area contributed by atoms with Gasteiger partial charge in [-0.25, -0.2) is 0 Å². The summed E-state index contributed by atoms with van der Waals surface area (Å²) < 4.78 is 0. The van der Waals surface area contributed by atoms with E-state index in [4.69, 9.17) is 10.8 Å². The molecule has 6 atom stereocenters. The predicted molar refractivity (Wildman–Crippen MR) is 130 cm³/mol. The topological polar surface area (TPSA) is 83.5 Å². The number of aryl methyl sites for hydroxylation is 2. The van der Waals surface area contributed by atoms with Gasteiger partial charge >= 0.3 is 0 Å². The smallest absolute Gasteiger partial charge is 0.248 e. The minimum atomic E-state index is -0.396. The first-order valence-corrected chi connectivity index (χ1v) is 12.7. The third kappa shape index (κ3) is 4.02. The molecule has 0 saturated heterocycles. The van der Waals surface area contributed by atoms with Gasteiger partial charge in [-0.2, -0.15) is 0 Å². The number of rotatable bonds is 6. The third-order valence-electron chi connectivity index (χ3n) is 9.24. The molecule has 0 radical (unpaired) electrons. The lowest BCUT2D eigenvalue weighted by molar-refractivity contribution is -0.0325. The number of carbonyl (C=O) groups is 1. The van der Waals surface area contributed by atoms with Gasteiger partial charge in [-0.1, -0.05) is 37.3 Å². The Bertz CT molecular complexity index is 1030. The molecule has 176 valence electrons. The van der Waals surface area contributed by atoms with E-state index in [1.807, 2.05) is 12.1 Å². The van der Waals surface area contributed by atoms with Gasteiger partial charge in [-0.05, 0) is 115 Å². The molecule has 0 aliphatic heterocycles. The van der Waals surface area contributed by atoms with E-state index in [1.165, 1.54) is 23.1 Å². The Morgan fingerprint density at radius 2 is 2.00 bits per heavy atom. The zero-order valence-corrected chi connectivity index (χ0v) is 19.7. The molecular formula is C29H37NO3. The third-order valence-corrected chi connectivity index (χ3v) is 9.24. The fraction of sp³-hybridized carbons (Fsp3) is 0.552. The van der Waals surface area contributed by atoms with E-state index >= 15 is 0 Å². The van der Waals surface area contributed by atoms with Crippen LogP contribution in [0.2, 0.25) is 0 Å². The Morgan fingerprint density at radius 3 is 2.79 bits per heavy atom. The van der Waals surface area contributed by atoms with Crippen LogP contribution in [0.15, 0.2) is 42.5 Å². The maximum absolute atomic E-state index is 11.6. The van der Waals surface area contributed by atoms with Crippen LogP contribution in [0.25, 0.3) is 0 Å². The summed E-state index contributed by atoms with van der Waals surface area (Å²) in [5.74, 6) is 1.61. The first-order valence-electron chi connectivity index (χ1n) is 12.7. The molecule has 0 spiro atoms. The van der Waals surface area contributed by atoms with E-state index in [1.54, 1.807) is 6.07 Å². The number of benzene rings is 2. The first-order chi connectivity index (χ1) is 15.9. The van der Waals surface area contributed by atoms with Gasteiger partial charge in [0, 0.05) is 12.2 Å². The second-order valence-electron chi connectivity index (χ2n) is 11.0. The van der Waals surface area contributed by atoms with Crippen LogP contribution in [-0.2, 0) is 19.3 Å². The van der Waals surface area contributed by atoms with Crippen LogP contribution in [0.4, 0.5) is 0 Å². The van der Waals surface area contributed by atoms with Gasteiger partial charge < -0.3 is 15.9 Å². The van der Waals surface area contributed by atoms with Crippen LogP contribution in [0.3, 0.4) is 0 Å². The van der Waals surface area contributed by atoms with Crippen molar-refractivity contribution in [2.75, 3.05) is 6.61 Å². The zero-order valence-electron chi connectivity index (χ0n) is 19.7. The van der Waals surface area contributed by atoms with E-state index in [9.17, 15) is 9.90 Å². The number of amides is 1. The molecule has 3 aliphatic carbocycles. The largest absolute Gasteiger partial charge is 0.396 e. The Kier molecular flexibility index (Phi) is 6.09. The average molecular weight is 448 g/mol. The maximum atomic E-state index is 11.6. The second-order valence-corrected chi connectivity index (χ2v) is 11.0. The minimum absolute atomic E-state index is 0.0221. The van der Waals surface area contributed by atoms with Gasteiger partial charge in [0.25, 0.3) is 0 Å². The Labute approximate surface area is 197 Å². The molecule has 0 aromatic heterocycles. The number of carbonyl (C=O) groups excluding carboxylic acids is 1. The van der Waals surface area contributed by atoms with Crippen LogP contribution in [-0.4, -0.2) is 28.8 Å². The molecule has 2 fully saturated rings. The summed E-state index contributed by atoms with van der Waals surface area (Å²) in [6.45, 7) is 2.57. The molecule has 1 amide bonds. The molecule has 5 rings (SSSR count). The number of aliphatic hydroxyl groups is 2. The van der Waals surface area contributed by atoms with Gasteiger partial charge in [-0.3, -0.25) is 4.79 Å². The van der Waals surface area contributed by atoms with Gasteiger partial charge in [-0.15, -0.1) is 0 Å². The lowest BCUT2D eigenvalue weighted by Gasteiger charge is -2.50. The summed E-state index contributed by atoms with van der Waals surface area (Å²) in [4.78, 5) is 11.6. The van der Waals surface area contributed by atoms with E-state index in [-0.39, 0.29) is 24.0 Å². The minimum Gasteiger partial charge on any atom is -0.396 e. The van der Waals surface area contributed by atoms with Crippen LogP contribution < -0.4 is 5.73 Å². The molecular weight excluding hydrogens is 410 g/mol. The highest BCUT2D eigenvalue weighted by atomic mass is 16.3. The summed E-state index contributed by atoms with van der Waals surface area (Å²) in [6, 6.07) is 14.6. The number of aliphatic hydroxyl groups excluding tert-OH is 2. The predicted octanol–water partition coefficient (Wildman–Crippen LogP) is 4.40. The summed E-state index contributed by atoms with van der Waals surface area (Å²) in [6.07, 6.45) is 7.89. The average Bonchev–Trinajstić information content (AvgIpc) is 3.07. The number of primary amides is 1. The van der Waals surface area contributed by atoms with Crippen LogP contribution in [0.1, 0.15) is 77.6 Å². The molecule has 0 heterocycles. The summed E-state index contributed by atoms with van der Waals surface area (Å²) >= 11 is 0. The quantitative estimate of drug-likeness (QED) is 0.614. The SMILES string of the molecule is CC12CCC3c4ccc(CCCO)cc4CCC3C1CC(Cc1cccc(C(N)=O)c1)C2O.